The van der Waals surface area contributed by atoms with Crippen LogP contribution in [0.1, 0.15) is 15.9 Å². The van der Waals surface area contributed by atoms with Crippen LogP contribution in [0.25, 0.3) is 0 Å². The van der Waals surface area contributed by atoms with Gasteiger partial charge >= 0.3 is 0 Å². The van der Waals surface area contributed by atoms with Gasteiger partial charge in [0.05, 0.1) is 36.6 Å². The molecule has 2 aromatic rings. The first kappa shape index (κ1) is 23.2. The van der Waals surface area contributed by atoms with Crippen molar-refractivity contribution < 1.29 is 23.8 Å². The van der Waals surface area contributed by atoms with Gasteiger partial charge < -0.3 is 19.1 Å². The van der Waals surface area contributed by atoms with E-state index >= 15 is 0 Å². The van der Waals surface area contributed by atoms with Crippen LogP contribution in [0.15, 0.2) is 50.4 Å². The van der Waals surface area contributed by atoms with Gasteiger partial charge in [-0.15, -0.1) is 0 Å². The summed E-state index contributed by atoms with van der Waals surface area (Å²) >= 11 is 6.77. The highest BCUT2D eigenvalue weighted by atomic mass is 79.9. The van der Waals surface area contributed by atoms with Crippen LogP contribution >= 0.6 is 31.9 Å². The lowest BCUT2D eigenvalue weighted by molar-refractivity contribution is -0.137. The third-order valence-corrected chi connectivity index (χ3v) is 5.57. The summed E-state index contributed by atoms with van der Waals surface area (Å²) in [6.07, 6.45) is 1.51. The van der Waals surface area contributed by atoms with Crippen molar-refractivity contribution in [3.05, 3.63) is 56.5 Å². The summed E-state index contributed by atoms with van der Waals surface area (Å²) in [4.78, 5) is 26.3. The Morgan fingerprint density at radius 1 is 1.16 bits per heavy atom. The molecule has 2 aromatic carbocycles. The first-order valence-electron chi connectivity index (χ1n) is 9.42. The Morgan fingerprint density at radius 2 is 1.90 bits per heavy atom. The molecule has 1 aliphatic heterocycles. The lowest BCUT2D eigenvalue weighted by Crippen LogP contribution is -2.43. The number of amides is 2. The summed E-state index contributed by atoms with van der Waals surface area (Å²) in [6, 6.07) is 10.4. The molecule has 31 heavy (non-hydrogen) atoms. The molecule has 1 saturated heterocycles. The molecular weight excluding hydrogens is 534 g/mol. The van der Waals surface area contributed by atoms with Gasteiger partial charge in [0.25, 0.3) is 11.8 Å². The Hall–Kier alpha value is -2.43. The smallest absolute Gasteiger partial charge is 0.275 e. The van der Waals surface area contributed by atoms with E-state index in [0.29, 0.717) is 47.8 Å². The first-order chi connectivity index (χ1) is 15.0. The van der Waals surface area contributed by atoms with Gasteiger partial charge in [0, 0.05) is 17.6 Å². The maximum absolute atomic E-state index is 12.4. The number of morpholine rings is 1. The van der Waals surface area contributed by atoms with E-state index in [4.69, 9.17) is 14.2 Å². The molecule has 10 heteroatoms. The van der Waals surface area contributed by atoms with Crippen molar-refractivity contribution in [1.82, 2.24) is 10.3 Å². The molecule has 1 fully saturated rings. The quantitative estimate of drug-likeness (QED) is 0.419. The van der Waals surface area contributed by atoms with E-state index in [9.17, 15) is 9.59 Å². The number of hydrazone groups is 1. The van der Waals surface area contributed by atoms with Crippen molar-refractivity contribution in [2.75, 3.05) is 40.0 Å². The number of hydrogen-bond donors (Lipinski definition) is 1. The molecule has 8 nitrogen and oxygen atoms in total. The molecule has 1 N–H and O–H groups in total. The number of rotatable bonds is 7. The van der Waals surface area contributed by atoms with Crippen LogP contribution < -0.4 is 14.9 Å². The fourth-order valence-corrected chi connectivity index (χ4v) is 3.71. The largest absolute Gasteiger partial charge is 0.496 e. The van der Waals surface area contributed by atoms with Crippen LogP contribution in [-0.2, 0) is 9.53 Å². The minimum atomic E-state index is -0.393. The zero-order chi connectivity index (χ0) is 22.2. The summed E-state index contributed by atoms with van der Waals surface area (Å²) in [7, 11) is 1.50. The molecule has 0 saturated carbocycles. The highest BCUT2D eigenvalue weighted by Gasteiger charge is 2.17. The third kappa shape index (κ3) is 6.52. The average molecular weight is 555 g/mol. The fraction of sp³-hybridized carbons (Fsp3) is 0.286. The van der Waals surface area contributed by atoms with E-state index < -0.39 is 5.91 Å². The molecule has 0 spiro atoms. The van der Waals surface area contributed by atoms with Gasteiger partial charge in [-0.1, -0.05) is 15.9 Å². The van der Waals surface area contributed by atoms with Gasteiger partial charge in [0.15, 0.2) is 6.61 Å². The molecule has 0 aliphatic carbocycles. The lowest BCUT2D eigenvalue weighted by Gasteiger charge is -2.26. The van der Waals surface area contributed by atoms with Crippen molar-refractivity contribution in [3.8, 4) is 11.5 Å². The number of nitrogens with one attached hydrogen (secondary N) is 1. The predicted molar refractivity (Wildman–Crippen MR) is 123 cm³/mol. The lowest BCUT2D eigenvalue weighted by atomic mass is 10.2. The number of carbonyl (C=O) groups excluding carboxylic acids is 2. The fourth-order valence-electron chi connectivity index (χ4n) is 2.84. The zero-order valence-corrected chi connectivity index (χ0v) is 19.9. The molecular formula is C21H21Br2N3O5. The Kier molecular flexibility index (Phi) is 8.44. The maximum Gasteiger partial charge on any atom is 0.275 e. The highest BCUT2D eigenvalue weighted by molar-refractivity contribution is 9.10. The van der Waals surface area contributed by atoms with Gasteiger partial charge in [-0.2, -0.15) is 5.10 Å². The minimum absolute atomic E-state index is 0.0451. The Balaban J connectivity index is 1.56. The maximum atomic E-state index is 12.4. The van der Waals surface area contributed by atoms with Crippen LogP contribution in [0.3, 0.4) is 0 Å². The van der Waals surface area contributed by atoms with Gasteiger partial charge in [-0.05, 0) is 57.9 Å². The second kappa shape index (κ2) is 11.3. The van der Waals surface area contributed by atoms with Crippen LogP contribution in [0.4, 0.5) is 0 Å². The molecule has 0 unspecified atom stereocenters. The molecule has 0 aromatic heterocycles. The number of benzene rings is 2. The Bertz CT molecular complexity index is 977. The van der Waals surface area contributed by atoms with E-state index in [1.165, 1.54) is 13.3 Å². The van der Waals surface area contributed by atoms with Crippen LogP contribution in [0.2, 0.25) is 0 Å². The van der Waals surface area contributed by atoms with Crippen molar-refractivity contribution in [2.24, 2.45) is 5.10 Å². The summed E-state index contributed by atoms with van der Waals surface area (Å²) in [6.45, 7) is 2.21. The first-order valence-corrected chi connectivity index (χ1v) is 11.0. The van der Waals surface area contributed by atoms with Crippen LogP contribution in [-0.4, -0.2) is 62.9 Å². The second-order valence-electron chi connectivity index (χ2n) is 6.52. The number of halogens is 2. The van der Waals surface area contributed by atoms with Crippen molar-refractivity contribution >= 4 is 49.9 Å². The van der Waals surface area contributed by atoms with Crippen molar-refractivity contribution in [2.45, 2.75) is 0 Å². The van der Waals surface area contributed by atoms with Gasteiger partial charge in [0.1, 0.15) is 11.5 Å². The zero-order valence-electron chi connectivity index (χ0n) is 16.8. The van der Waals surface area contributed by atoms with E-state index in [2.05, 4.69) is 42.4 Å². The number of methoxy groups -OCH3 is 1. The third-order valence-electron chi connectivity index (χ3n) is 4.46. The summed E-state index contributed by atoms with van der Waals surface area (Å²) in [5.41, 5.74) is 3.58. The van der Waals surface area contributed by atoms with Gasteiger partial charge in [-0.3, -0.25) is 9.59 Å². The SMILES string of the molecule is COc1ccc(Br)cc1C(=O)N/N=C\c1ccc(OCC(=O)N2CCOCC2)c(Br)c1. The molecule has 1 aliphatic rings. The molecule has 3 rings (SSSR count). The predicted octanol–water partition coefficient (Wildman–Crippen LogP) is 3.22. The number of carbonyl (C=O) groups is 2. The Morgan fingerprint density at radius 3 is 2.61 bits per heavy atom. The molecule has 2 amide bonds. The van der Waals surface area contributed by atoms with E-state index in [0.717, 1.165) is 10.0 Å². The highest BCUT2D eigenvalue weighted by Crippen LogP contribution is 2.26. The normalized spacial score (nSPS) is 13.8. The summed E-state index contributed by atoms with van der Waals surface area (Å²) in [5, 5.41) is 4.00. The van der Waals surface area contributed by atoms with Gasteiger partial charge in [0.2, 0.25) is 0 Å². The number of ether oxygens (including phenoxy) is 3. The monoisotopic (exact) mass is 553 g/mol. The van der Waals surface area contributed by atoms with Gasteiger partial charge in [-0.25, -0.2) is 5.43 Å². The van der Waals surface area contributed by atoms with E-state index in [1.54, 1.807) is 41.3 Å². The van der Waals surface area contributed by atoms with E-state index in [1.807, 2.05) is 0 Å². The van der Waals surface area contributed by atoms with E-state index in [-0.39, 0.29) is 12.5 Å². The van der Waals surface area contributed by atoms with Crippen LogP contribution in [0, 0.1) is 0 Å². The van der Waals surface area contributed by atoms with Crippen molar-refractivity contribution in [1.29, 1.82) is 0 Å². The number of nitrogens with zero attached hydrogens (tertiary/aromatic N) is 2. The number of hydrogen-bond acceptors (Lipinski definition) is 6. The standard InChI is InChI=1S/C21H21Br2N3O5/c1-29-18-5-3-15(22)11-16(18)21(28)25-24-12-14-2-4-19(17(23)10-14)31-13-20(27)26-6-8-30-9-7-26/h2-5,10-12H,6-9,13H2,1H3,(H,25,28)/b24-12-. The molecule has 0 atom stereocenters. The summed E-state index contributed by atoms with van der Waals surface area (Å²) in [5.74, 6) is 0.523. The summed E-state index contributed by atoms with van der Waals surface area (Å²) < 4.78 is 17.5. The molecule has 1 heterocycles. The van der Waals surface area contributed by atoms with Crippen molar-refractivity contribution in [3.63, 3.8) is 0 Å². The molecule has 0 bridgehead atoms. The topological polar surface area (TPSA) is 89.5 Å². The molecule has 164 valence electrons. The van der Waals surface area contributed by atoms with Crippen LogP contribution in [0.5, 0.6) is 11.5 Å². The minimum Gasteiger partial charge on any atom is -0.496 e. The Labute approximate surface area is 196 Å². The molecule has 0 radical (unpaired) electrons. The second-order valence-corrected chi connectivity index (χ2v) is 8.29. The average Bonchev–Trinajstić information content (AvgIpc) is 2.78.